The number of H-pyrrole nitrogens is 1. The van der Waals surface area contributed by atoms with E-state index >= 15 is 0 Å². The Bertz CT molecular complexity index is 395. The van der Waals surface area contributed by atoms with E-state index in [4.69, 9.17) is 0 Å². The number of hydrogen-bond donors (Lipinski definition) is 2. The third kappa shape index (κ3) is 2.53. The lowest BCUT2D eigenvalue weighted by atomic mass is 9.99. The molecule has 1 saturated heterocycles. The van der Waals surface area contributed by atoms with Crippen LogP contribution in [-0.4, -0.2) is 51.9 Å². The zero-order chi connectivity index (χ0) is 12.4. The number of aromatic amines is 1. The van der Waals surface area contributed by atoms with Crippen molar-refractivity contribution in [3.63, 3.8) is 0 Å². The molecule has 98 valence electrons. The van der Waals surface area contributed by atoms with Crippen molar-refractivity contribution in [2.24, 2.45) is 5.92 Å². The van der Waals surface area contributed by atoms with Gasteiger partial charge >= 0.3 is 0 Å². The molecule has 1 aromatic rings. The van der Waals surface area contributed by atoms with Crippen LogP contribution in [0, 0.1) is 5.92 Å². The highest BCUT2D eigenvalue weighted by Crippen LogP contribution is 2.29. The average Bonchev–Trinajstić information content (AvgIpc) is 3.10. The molecular formula is C12H19N5O. The largest absolute Gasteiger partial charge is 0.334 e. The predicted octanol–water partition coefficient (Wildman–Crippen LogP) is 0.409. The first-order valence-electron chi connectivity index (χ1n) is 6.72. The van der Waals surface area contributed by atoms with Crippen LogP contribution in [0.25, 0.3) is 0 Å². The van der Waals surface area contributed by atoms with Crippen LogP contribution in [0.3, 0.4) is 0 Å². The molecule has 6 nitrogen and oxygen atoms in total. The highest BCUT2D eigenvalue weighted by atomic mass is 16.2. The highest BCUT2D eigenvalue weighted by molar-refractivity contribution is 5.92. The number of hydrogen-bond acceptors (Lipinski definition) is 4. The predicted molar refractivity (Wildman–Crippen MR) is 66.0 cm³/mol. The van der Waals surface area contributed by atoms with Crippen molar-refractivity contribution in [3.8, 4) is 0 Å². The molecule has 2 heterocycles. The quantitative estimate of drug-likeness (QED) is 0.810. The number of nitrogens with one attached hydrogen (secondary N) is 2. The average molecular weight is 249 g/mol. The first-order chi connectivity index (χ1) is 8.84. The summed E-state index contributed by atoms with van der Waals surface area (Å²) in [6.07, 6.45) is 6.19. The number of rotatable bonds is 4. The molecule has 6 heteroatoms. The van der Waals surface area contributed by atoms with E-state index in [2.05, 4.69) is 20.7 Å². The van der Waals surface area contributed by atoms with Crippen LogP contribution in [0.2, 0.25) is 0 Å². The standard InChI is InChI=1S/C12H19N5O/c18-12(11-7-14-16-15-11)17(10-3-4-10)8-9-2-1-5-13-6-9/h7,9-10,13H,1-6,8H2,(H,14,15,16). The van der Waals surface area contributed by atoms with Crippen molar-refractivity contribution >= 4 is 5.91 Å². The molecule has 3 rings (SSSR count). The molecule has 1 aliphatic heterocycles. The molecular weight excluding hydrogens is 230 g/mol. The van der Waals surface area contributed by atoms with Gasteiger partial charge in [0.2, 0.25) is 0 Å². The SMILES string of the molecule is O=C(c1cn[nH]n1)N(CC1CCCNC1)C1CC1. The van der Waals surface area contributed by atoms with Gasteiger partial charge in [-0.25, -0.2) is 0 Å². The van der Waals surface area contributed by atoms with Crippen LogP contribution in [-0.2, 0) is 0 Å². The second kappa shape index (κ2) is 5.06. The van der Waals surface area contributed by atoms with Crippen LogP contribution >= 0.6 is 0 Å². The fourth-order valence-electron chi connectivity index (χ4n) is 2.59. The van der Waals surface area contributed by atoms with Crippen LogP contribution in [0.4, 0.5) is 0 Å². The normalized spacial score (nSPS) is 23.9. The van der Waals surface area contributed by atoms with Crippen LogP contribution < -0.4 is 5.32 Å². The Labute approximate surface area is 106 Å². The lowest BCUT2D eigenvalue weighted by Gasteiger charge is -2.29. The van der Waals surface area contributed by atoms with E-state index in [-0.39, 0.29) is 5.91 Å². The summed E-state index contributed by atoms with van der Waals surface area (Å²) >= 11 is 0. The minimum absolute atomic E-state index is 0.0248. The summed E-state index contributed by atoms with van der Waals surface area (Å²) in [6.45, 7) is 2.98. The summed E-state index contributed by atoms with van der Waals surface area (Å²) in [5, 5.41) is 13.5. The topological polar surface area (TPSA) is 73.9 Å². The van der Waals surface area contributed by atoms with E-state index in [1.54, 1.807) is 0 Å². The Morgan fingerprint density at radius 2 is 2.33 bits per heavy atom. The first kappa shape index (κ1) is 11.6. The number of aromatic nitrogens is 3. The molecule has 0 aromatic carbocycles. The van der Waals surface area contributed by atoms with Crippen molar-refractivity contribution in [2.45, 2.75) is 31.7 Å². The Morgan fingerprint density at radius 3 is 2.94 bits per heavy atom. The minimum Gasteiger partial charge on any atom is -0.334 e. The molecule has 18 heavy (non-hydrogen) atoms. The third-order valence-electron chi connectivity index (χ3n) is 3.74. The van der Waals surface area contributed by atoms with Gasteiger partial charge in [0, 0.05) is 12.6 Å². The molecule has 1 unspecified atom stereocenters. The van der Waals surface area contributed by atoms with Gasteiger partial charge in [-0.1, -0.05) is 0 Å². The smallest absolute Gasteiger partial charge is 0.276 e. The van der Waals surface area contributed by atoms with Gasteiger partial charge in [-0.15, -0.1) is 0 Å². The van der Waals surface area contributed by atoms with E-state index in [1.165, 1.54) is 19.0 Å². The summed E-state index contributed by atoms with van der Waals surface area (Å²) in [5.41, 5.74) is 0.436. The third-order valence-corrected chi connectivity index (χ3v) is 3.74. The molecule has 2 fully saturated rings. The molecule has 1 aliphatic carbocycles. The van der Waals surface area contributed by atoms with Gasteiger partial charge in [0.1, 0.15) is 0 Å². The van der Waals surface area contributed by atoms with Gasteiger partial charge in [0.25, 0.3) is 5.91 Å². The molecule has 1 atom stereocenters. The molecule has 0 bridgehead atoms. The summed E-state index contributed by atoms with van der Waals surface area (Å²) in [5.74, 6) is 0.604. The van der Waals surface area contributed by atoms with E-state index in [1.807, 2.05) is 4.90 Å². The molecule has 0 spiro atoms. The summed E-state index contributed by atoms with van der Waals surface area (Å²) in [4.78, 5) is 14.3. The Morgan fingerprint density at radius 1 is 1.44 bits per heavy atom. The summed E-state index contributed by atoms with van der Waals surface area (Å²) in [7, 11) is 0. The lowest BCUT2D eigenvalue weighted by molar-refractivity contribution is 0.0698. The Hall–Kier alpha value is -1.43. The zero-order valence-electron chi connectivity index (χ0n) is 10.4. The minimum atomic E-state index is 0.0248. The maximum absolute atomic E-state index is 12.3. The Kier molecular flexibility index (Phi) is 3.27. The van der Waals surface area contributed by atoms with Gasteiger partial charge in [0.05, 0.1) is 6.20 Å². The van der Waals surface area contributed by atoms with Crippen LogP contribution in [0.5, 0.6) is 0 Å². The van der Waals surface area contributed by atoms with Crippen molar-refractivity contribution in [1.82, 2.24) is 25.6 Å². The second-order valence-electron chi connectivity index (χ2n) is 5.26. The van der Waals surface area contributed by atoms with Crippen LogP contribution in [0.15, 0.2) is 6.20 Å². The number of carbonyl (C=O) groups is 1. The number of amides is 1. The van der Waals surface area contributed by atoms with E-state index in [0.29, 0.717) is 17.7 Å². The molecule has 2 N–H and O–H groups in total. The van der Waals surface area contributed by atoms with Crippen molar-refractivity contribution in [2.75, 3.05) is 19.6 Å². The summed E-state index contributed by atoms with van der Waals surface area (Å²) in [6, 6.07) is 0.427. The highest BCUT2D eigenvalue weighted by Gasteiger charge is 2.35. The zero-order valence-corrected chi connectivity index (χ0v) is 10.4. The van der Waals surface area contributed by atoms with E-state index < -0.39 is 0 Å². The van der Waals surface area contributed by atoms with Crippen molar-refractivity contribution in [3.05, 3.63) is 11.9 Å². The van der Waals surface area contributed by atoms with Crippen molar-refractivity contribution in [1.29, 1.82) is 0 Å². The fraction of sp³-hybridized carbons (Fsp3) is 0.750. The molecule has 0 radical (unpaired) electrons. The monoisotopic (exact) mass is 249 g/mol. The van der Waals surface area contributed by atoms with Gasteiger partial charge in [-0.3, -0.25) is 4.79 Å². The van der Waals surface area contributed by atoms with Gasteiger partial charge in [-0.05, 0) is 44.7 Å². The maximum Gasteiger partial charge on any atom is 0.276 e. The number of piperidine rings is 1. The number of nitrogens with zero attached hydrogens (tertiary/aromatic N) is 3. The van der Waals surface area contributed by atoms with Crippen molar-refractivity contribution < 1.29 is 4.79 Å². The first-order valence-corrected chi connectivity index (χ1v) is 6.72. The maximum atomic E-state index is 12.3. The molecule has 1 amide bonds. The van der Waals surface area contributed by atoms with Gasteiger partial charge in [-0.2, -0.15) is 15.4 Å². The summed E-state index contributed by atoms with van der Waals surface area (Å²) < 4.78 is 0. The molecule has 2 aliphatic rings. The molecule has 1 aromatic heterocycles. The van der Waals surface area contributed by atoms with E-state index in [0.717, 1.165) is 32.5 Å². The Balaban J connectivity index is 1.66. The van der Waals surface area contributed by atoms with Gasteiger partial charge in [0.15, 0.2) is 5.69 Å². The number of carbonyl (C=O) groups excluding carboxylic acids is 1. The fourth-order valence-corrected chi connectivity index (χ4v) is 2.59. The van der Waals surface area contributed by atoms with Crippen LogP contribution in [0.1, 0.15) is 36.2 Å². The van der Waals surface area contributed by atoms with E-state index in [9.17, 15) is 4.79 Å². The second-order valence-corrected chi connectivity index (χ2v) is 5.26. The lowest BCUT2D eigenvalue weighted by Crippen LogP contribution is -2.42. The molecule has 1 saturated carbocycles. The van der Waals surface area contributed by atoms with Gasteiger partial charge < -0.3 is 10.2 Å².